The number of allylic oxidation sites excluding steroid dienone is 1. The highest BCUT2D eigenvalue weighted by molar-refractivity contribution is 6.08. The van der Waals surface area contributed by atoms with Crippen molar-refractivity contribution in [3.63, 3.8) is 0 Å². The molecular formula is C29H29N3O3. The number of hydrogen-bond acceptors (Lipinski definition) is 4. The van der Waals surface area contributed by atoms with Crippen LogP contribution in [0.25, 0.3) is 6.08 Å². The van der Waals surface area contributed by atoms with Gasteiger partial charge in [0.25, 0.3) is 0 Å². The molecule has 2 aliphatic rings. The molecule has 1 aliphatic heterocycles. The van der Waals surface area contributed by atoms with E-state index in [2.05, 4.69) is 11.4 Å². The topological polar surface area (TPSA) is 63.2 Å². The first kappa shape index (κ1) is 22.7. The van der Waals surface area contributed by atoms with Crippen LogP contribution in [0.5, 0.6) is 11.5 Å². The Labute approximate surface area is 205 Å². The Morgan fingerprint density at radius 2 is 1.60 bits per heavy atom. The predicted octanol–water partition coefficient (Wildman–Crippen LogP) is 6.53. The van der Waals surface area contributed by atoms with E-state index in [9.17, 15) is 4.79 Å². The lowest BCUT2D eigenvalue weighted by molar-refractivity contribution is 0.188. The lowest BCUT2D eigenvalue weighted by atomic mass is 9.77. The second-order valence-electron chi connectivity index (χ2n) is 8.79. The third kappa shape index (κ3) is 4.78. The maximum absolute atomic E-state index is 13.5. The van der Waals surface area contributed by atoms with Gasteiger partial charge < -0.3 is 14.8 Å². The van der Waals surface area contributed by atoms with Crippen molar-refractivity contribution in [1.82, 2.24) is 5.01 Å². The van der Waals surface area contributed by atoms with Crippen molar-refractivity contribution in [3.8, 4) is 11.5 Å². The molecule has 5 rings (SSSR count). The lowest BCUT2D eigenvalue weighted by Crippen LogP contribution is -2.34. The molecular weight excluding hydrogens is 438 g/mol. The van der Waals surface area contributed by atoms with Gasteiger partial charge in [0.15, 0.2) is 0 Å². The van der Waals surface area contributed by atoms with Crippen molar-refractivity contribution in [2.75, 3.05) is 19.5 Å². The molecule has 0 saturated heterocycles. The van der Waals surface area contributed by atoms with Gasteiger partial charge in [-0.15, -0.1) is 0 Å². The molecule has 2 amide bonds. The number of hydrogen-bond donors (Lipinski definition) is 1. The van der Waals surface area contributed by atoms with E-state index in [0.29, 0.717) is 0 Å². The number of nitrogens with zero attached hydrogens (tertiary/aromatic N) is 2. The lowest BCUT2D eigenvalue weighted by Gasteiger charge is -2.29. The maximum atomic E-state index is 13.5. The number of fused-ring (bicyclic) bond motifs is 1. The van der Waals surface area contributed by atoms with Crippen LogP contribution in [-0.4, -0.2) is 31.0 Å². The predicted molar refractivity (Wildman–Crippen MR) is 139 cm³/mol. The minimum atomic E-state index is -0.234. The van der Waals surface area contributed by atoms with Crippen LogP contribution < -0.4 is 14.8 Å². The second kappa shape index (κ2) is 10.1. The molecule has 1 fully saturated rings. The van der Waals surface area contributed by atoms with Crippen LogP contribution in [-0.2, 0) is 0 Å². The van der Waals surface area contributed by atoms with Gasteiger partial charge in [-0.25, -0.2) is 9.80 Å². The number of para-hydroxylation sites is 1. The van der Waals surface area contributed by atoms with E-state index < -0.39 is 0 Å². The van der Waals surface area contributed by atoms with Gasteiger partial charge in [0.2, 0.25) is 0 Å². The van der Waals surface area contributed by atoms with Gasteiger partial charge >= 0.3 is 6.03 Å². The summed E-state index contributed by atoms with van der Waals surface area (Å²) in [5.74, 6) is 1.75. The fourth-order valence-corrected chi connectivity index (χ4v) is 4.91. The average molecular weight is 468 g/mol. The Balaban J connectivity index is 1.50. The number of ether oxygens (including phenoxy) is 2. The van der Waals surface area contributed by atoms with E-state index >= 15 is 0 Å². The number of urea groups is 1. The minimum Gasteiger partial charge on any atom is -0.497 e. The van der Waals surface area contributed by atoms with Gasteiger partial charge in [-0.3, -0.25) is 0 Å². The summed E-state index contributed by atoms with van der Waals surface area (Å²) in [7, 11) is 3.32. The zero-order valence-electron chi connectivity index (χ0n) is 20.0. The standard InChI is InChI=1S/C29H29N3O3/c1-34-24-15-11-20(12-16-24)19-22-7-6-10-26-27(22)31-32(29(33)30-23-8-4-3-5-9-23)28(26)21-13-17-25(35-2)18-14-21/h3-5,8-9,11-19,26,28H,6-7,10H2,1-2H3,(H,30,33). The highest BCUT2D eigenvalue weighted by atomic mass is 16.5. The first-order valence-electron chi connectivity index (χ1n) is 11.9. The number of methoxy groups -OCH3 is 2. The van der Waals surface area contributed by atoms with Crippen molar-refractivity contribution in [2.45, 2.75) is 25.3 Å². The summed E-state index contributed by atoms with van der Waals surface area (Å²) in [5, 5.41) is 9.57. The molecule has 2 unspecified atom stereocenters. The van der Waals surface area contributed by atoms with Crippen molar-refractivity contribution in [2.24, 2.45) is 11.0 Å². The Morgan fingerprint density at radius 3 is 2.26 bits per heavy atom. The summed E-state index contributed by atoms with van der Waals surface area (Å²) in [5.41, 5.74) is 5.06. The van der Waals surface area contributed by atoms with Crippen LogP contribution in [0.1, 0.15) is 36.4 Å². The van der Waals surface area contributed by atoms with Crippen LogP contribution in [0.3, 0.4) is 0 Å². The van der Waals surface area contributed by atoms with E-state index in [1.54, 1.807) is 19.2 Å². The van der Waals surface area contributed by atoms with Crippen LogP contribution in [0.15, 0.2) is 89.5 Å². The van der Waals surface area contributed by atoms with Crippen LogP contribution in [0.4, 0.5) is 10.5 Å². The molecule has 178 valence electrons. The third-order valence-electron chi connectivity index (χ3n) is 6.65. The summed E-state index contributed by atoms with van der Waals surface area (Å²) >= 11 is 0. The first-order valence-corrected chi connectivity index (χ1v) is 11.9. The smallest absolute Gasteiger partial charge is 0.342 e. The number of rotatable bonds is 5. The highest BCUT2D eigenvalue weighted by Gasteiger charge is 2.43. The van der Waals surface area contributed by atoms with Crippen molar-refractivity contribution >= 4 is 23.5 Å². The van der Waals surface area contributed by atoms with E-state index in [-0.39, 0.29) is 18.0 Å². The average Bonchev–Trinajstić information content (AvgIpc) is 3.31. The molecule has 6 heteroatoms. The third-order valence-corrected chi connectivity index (χ3v) is 6.65. The SMILES string of the molecule is COc1ccc(C=C2CCCC3C2=NN(C(=O)Nc2ccccc2)C3c2ccc(OC)cc2)cc1. The molecule has 1 saturated carbocycles. The second-order valence-corrected chi connectivity index (χ2v) is 8.79. The summed E-state index contributed by atoms with van der Waals surface area (Å²) in [6.07, 6.45) is 5.15. The molecule has 35 heavy (non-hydrogen) atoms. The van der Waals surface area contributed by atoms with Crippen LogP contribution in [0.2, 0.25) is 0 Å². The van der Waals surface area contributed by atoms with Gasteiger partial charge in [0, 0.05) is 11.6 Å². The normalized spacial score (nSPS) is 20.2. The largest absolute Gasteiger partial charge is 0.497 e. The minimum absolute atomic E-state index is 0.128. The Bertz CT molecular complexity index is 1230. The molecule has 0 radical (unpaired) electrons. The van der Waals surface area contributed by atoms with Gasteiger partial charge in [0.05, 0.1) is 26.0 Å². The fourth-order valence-electron chi connectivity index (χ4n) is 4.91. The van der Waals surface area contributed by atoms with Crippen LogP contribution in [0, 0.1) is 5.92 Å². The molecule has 3 aromatic carbocycles. The molecule has 6 nitrogen and oxygen atoms in total. The molecule has 0 spiro atoms. The number of amides is 2. The zero-order chi connectivity index (χ0) is 24.2. The van der Waals surface area contributed by atoms with Crippen molar-refractivity contribution in [3.05, 3.63) is 95.6 Å². The van der Waals surface area contributed by atoms with Gasteiger partial charge in [-0.1, -0.05) is 42.5 Å². The summed E-state index contributed by atoms with van der Waals surface area (Å²) < 4.78 is 10.6. The number of nitrogens with one attached hydrogen (secondary N) is 1. The van der Waals surface area contributed by atoms with Gasteiger partial charge in [-0.2, -0.15) is 5.10 Å². The van der Waals surface area contributed by atoms with Gasteiger partial charge in [0.1, 0.15) is 11.5 Å². The molecule has 1 heterocycles. The van der Waals surface area contributed by atoms with E-state index in [4.69, 9.17) is 14.6 Å². The van der Waals surface area contributed by atoms with Crippen molar-refractivity contribution in [1.29, 1.82) is 0 Å². The highest BCUT2D eigenvalue weighted by Crippen LogP contribution is 2.44. The number of hydrazone groups is 1. The molecule has 2 atom stereocenters. The first-order chi connectivity index (χ1) is 17.2. The van der Waals surface area contributed by atoms with Crippen LogP contribution >= 0.6 is 0 Å². The molecule has 3 aromatic rings. The van der Waals surface area contributed by atoms with E-state index in [0.717, 1.165) is 53.3 Å². The molecule has 0 aromatic heterocycles. The quantitative estimate of drug-likeness (QED) is 0.464. The van der Waals surface area contributed by atoms with Crippen molar-refractivity contribution < 1.29 is 14.3 Å². The monoisotopic (exact) mass is 467 g/mol. The molecule has 0 bridgehead atoms. The number of benzene rings is 3. The summed E-state index contributed by atoms with van der Waals surface area (Å²) in [6.45, 7) is 0. The Hall–Kier alpha value is -4.06. The van der Waals surface area contributed by atoms with E-state index in [1.165, 1.54) is 5.57 Å². The molecule has 1 aliphatic carbocycles. The fraction of sp³-hybridized carbons (Fsp3) is 0.241. The maximum Gasteiger partial charge on any atom is 0.342 e. The number of carbonyl (C=O) groups is 1. The summed E-state index contributed by atoms with van der Waals surface area (Å²) in [4.78, 5) is 13.5. The molecule has 1 N–H and O–H groups in total. The number of anilines is 1. The number of carbonyl (C=O) groups excluding carboxylic acids is 1. The van der Waals surface area contributed by atoms with Gasteiger partial charge in [-0.05, 0) is 78.4 Å². The zero-order valence-corrected chi connectivity index (χ0v) is 20.0. The van der Waals surface area contributed by atoms with E-state index in [1.807, 2.05) is 78.9 Å². The Kier molecular flexibility index (Phi) is 6.53. The Morgan fingerprint density at radius 1 is 0.943 bits per heavy atom. The summed E-state index contributed by atoms with van der Waals surface area (Å²) in [6, 6.07) is 25.1.